The molecule has 0 aromatic rings. The van der Waals surface area contributed by atoms with Crippen LogP contribution >= 0.6 is 0 Å². The molecule has 36 valence electrons. The van der Waals surface area contributed by atoms with Crippen molar-refractivity contribution in [3.8, 4) is 0 Å². The molecule has 0 rings (SSSR count). The molecular formula is H3NaO3RuS. The van der Waals surface area contributed by atoms with Crippen LogP contribution in [0.15, 0.2) is 0 Å². The topological polar surface area (TPSA) is 57.5 Å². The second kappa shape index (κ2) is 9.85. The SMILES string of the molecule is O=S(O)O.[NaH].[Ru]. The third-order valence-electron chi connectivity index (χ3n) is 0. The summed E-state index contributed by atoms with van der Waals surface area (Å²) >= 11 is -2.61. The van der Waals surface area contributed by atoms with Gasteiger partial charge in [0.15, 0.2) is 0 Å². The quantitative estimate of drug-likeness (QED) is 0.397. The van der Waals surface area contributed by atoms with E-state index in [0.29, 0.717) is 0 Å². The van der Waals surface area contributed by atoms with Crippen molar-refractivity contribution in [1.29, 1.82) is 0 Å². The average Bonchev–Trinajstić information content (AvgIpc) is 0.811. The largest absolute Gasteiger partial charge is 0 e. The Bertz CT molecular complexity index is 33.8. The molecule has 3 nitrogen and oxygen atoms in total. The maximum atomic E-state index is 8.67. The summed E-state index contributed by atoms with van der Waals surface area (Å²) in [6.45, 7) is 0. The van der Waals surface area contributed by atoms with Crippen LogP contribution in [0.5, 0.6) is 0 Å². The Morgan fingerprint density at radius 1 is 1.33 bits per heavy atom. The zero-order valence-corrected chi connectivity index (χ0v) is 4.62. The Morgan fingerprint density at radius 3 is 1.33 bits per heavy atom. The van der Waals surface area contributed by atoms with E-state index in [2.05, 4.69) is 0 Å². The molecule has 0 atom stereocenters. The number of hydrogen-bond acceptors (Lipinski definition) is 1. The molecule has 6 heavy (non-hydrogen) atoms. The molecule has 0 radical (unpaired) electrons. The predicted octanol–water partition coefficient (Wildman–Crippen LogP) is -0.970. The molecule has 0 saturated carbocycles. The van der Waals surface area contributed by atoms with E-state index in [1.807, 2.05) is 0 Å². The normalized spacial score (nSPS) is 5.83. The summed E-state index contributed by atoms with van der Waals surface area (Å²) in [7, 11) is 0. The van der Waals surface area contributed by atoms with Gasteiger partial charge in [0, 0.05) is 19.5 Å². The molecule has 0 spiro atoms. The molecule has 0 bridgehead atoms. The molecule has 2 N–H and O–H groups in total. The van der Waals surface area contributed by atoms with Crippen molar-refractivity contribution in [2.45, 2.75) is 0 Å². The van der Waals surface area contributed by atoms with Gasteiger partial charge in [0.25, 0.3) is 11.4 Å². The van der Waals surface area contributed by atoms with Gasteiger partial charge in [-0.05, 0) is 0 Å². The van der Waals surface area contributed by atoms with Crippen LogP contribution < -0.4 is 0 Å². The van der Waals surface area contributed by atoms with Crippen LogP contribution in [0.25, 0.3) is 0 Å². The van der Waals surface area contributed by atoms with Gasteiger partial charge in [0.1, 0.15) is 0 Å². The van der Waals surface area contributed by atoms with Gasteiger partial charge in [-0.1, -0.05) is 0 Å². The van der Waals surface area contributed by atoms with Gasteiger partial charge < -0.3 is 0 Å². The predicted molar refractivity (Wildman–Crippen MR) is 20.5 cm³/mol. The van der Waals surface area contributed by atoms with Gasteiger partial charge in [-0.15, -0.1) is 0 Å². The smallest absolute Gasteiger partial charge is 0 e. The van der Waals surface area contributed by atoms with Gasteiger partial charge in [-0.3, -0.25) is 9.11 Å². The summed E-state index contributed by atoms with van der Waals surface area (Å²) in [6.07, 6.45) is 0. The van der Waals surface area contributed by atoms with Gasteiger partial charge in [0.05, 0.1) is 0 Å². The molecule has 0 aliphatic carbocycles. The Morgan fingerprint density at radius 2 is 1.33 bits per heavy atom. The molecule has 0 aliphatic heterocycles. The first kappa shape index (κ1) is 15.6. The monoisotopic (exact) mass is 208 g/mol. The minimum absolute atomic E-state index is 0. The summed E-state index contributed by atoms with van der Waals surface area (Å²) in [5.41, 5.74) is 0. The zero-order chi connectivity index (χ0) is 3.58. The first-order valence-corrected chi connectivity index (χ1v) is 1.60. The van der Waals surface area contributed by atoms with E-state index in [-0.39, 0.29) is 49.0 Å². The molecule has 0 saturated heterocycles. The van der Waals surface area contributed by atoms with E-state index in [1.165, 1.54) is 0 Å². The van der Waals surface area contributed by atoms with Crippen molar-refractivity contribution >= 4 is 40.9 Å². The summed E-state index contributed by atoms with van der Waals surface area (Å²) in [5.74, 6) is 0. The first-order valence-electron chi connectivity index (χ1n) is 0.532. The zero-order valence-electron chi connectivity index (χ0n) is 2.06. The molecule has 0 unspecified atom stereocenters. The molecule has 6 heteroatoms. The van der Waals surface area contributed by atoms with Crippen molar-refractivity contribution in [1.82, 2.24) is 0 Å². The summed E-state index contributed by atoms with van der Waals surface area (Å²) in [5, 5.41) is 0. The summed E-state index contributed by atoms with van der Waals surface area (Å²) in [4.78, 5) is 0. The maximum Gasteiger partial charge on any atom is 0 e. The molecule has 0 aromatic carbocycles. The van der Waals surface area contributed by atoms with Gasteiger partial charge in [0.2, 0.25) is 0 Å². The van der Waals surface area contributed by atoms with E-state index in [4.69, 9.17) is 13.3 Å². The van der Waals surface area contributed by atoms with Crippen LogP contribution in [0.1, 0.15) is 0 Å². The standard InChI is InChI=1S/Na.H2O3S.Ru.H/c;1-4(2)3;;/h;(H2,1,2,3);;. The van der Waals surface area contributed by atoms with Gasteiger partial charge in [-0.25, -0.2) is 0 Å². The molecule has 0 heterocycles. The molecule has 0 aliphatic rings. The summed E-state index contributed by atoms with van der Waals surface area (Å²) in [6, 6.07) is 0. The van der Waals surface area contributed by atoms with E-state index in [0.717, 1.165) is 0 Å². The summed E-state index contributed by atoms with van der Waals surface area (Å²) < 4.78 is 22.8. The van der Waals surface area contributed by atoms with Crippen LogP contribution in [-0.4, -0.2) is 42.9 Å². The Kier molecular flexibility index (Phi) is 25.7. The third kappa shape index (κ3) is 43.7. The van der Waals surface area contributed by atoms with Crippen LogP contribution in [-0.2, 0) is 30.8 Å². The molecule has 0 fully saturated rings. The average molecular weight is 207 g/mol. The minimum atomic E-state index is -2.61. The van der Waals surface area contributed by atoms with E-state index in [1.54, 1.807) is 0 Å². The fourth-order valence-corrected chi connectivity index (χ4v) is 0. The van der Waals surface area contributed by atoms with E-state index in [9.17, 15) is 0 Å². The maximum absolute atomic E-state index is 8.67. The number of rotatable bonds is 0. The van der Waals surface area contributed by atoms with Crippen LogP contribution in [0.3, 0.4) is 0 Å². The van der Waals surface area contributed by atoms with Gasteiger partial charge in [-0.2, -0.15) is 4.21 Å². The number of hydrogen-bond donors (Lipinski definition) is 2. The molecule has 0 aromatic heterocycles. The Balaban J connectivity index is -0.0000000450. The van der Waals surface area contributed by atoms with Crippen molar-refractivity contribution in [2.24, 2.45) is 0 Å². The van der Waals surface area contributed by atoms with Crippen LogP contribution in [0.4, 0.5) is 0 Å². The van der Waals surface area contributed by atoms with Crippen molar-refractivity contribution in [3.63, 3.8) is 0 Å². The fraction of sp³-hybridized carbons (Fsp3) is 0. The fourth-order valence-electron chi connectivity index (χ4n) is 0. The van der Waals surface area contributed by atoms with Gasteiger partial charge >= 0.3 is 29.6 Å². The second-order valence-corrected chi connectivity index (χ2v) is 0.692. The minimum Gasteiger partial charge on any atom is 0 e. The Labute approximate surface area is 73.1 Å². The second-order valence-electron chi connectivity index (χ2n) is 0.231. The molecule has 0 amide bonds. The van der Waals surface area contributed by atoms with E-state index >= 15 is 0 Å². The van der Waals surface area contributed by atoms with Crippen molar-refractivity contribution in [2.75, 3.05) is 0 Å². The Hall–Kier alpha value is 1.69. The first-order chi connectivity index (χ1) is 1.73. The van der Waals surface area contributed by atoms with E-state index < -0.39 is 11.4 Å². The third-order valence-corrected chi connectivity index (χ3v) is 0. The van der Waals surface area contributed by atoms with Crippen molar-refractivity contribution < 1.29 is 32.8 Å². The van der Waals surface area contributed by atoms with Crippen molar-refractivity contribution in [3.05, 3.63) is 0 Å². The van der Waals surface area contributed by atoms with Crippen LogP contribution in [0, 0.1) is 0 Å². The van der Waals surface area contributed by atoms with Crippen LogP contribution in [0.2, 0.25) is 0 Å². The molecular weight excluding hydrogens is 204 g/mol.